The molecule has 0 spiro atoms. The number of carboxylic acids is 2. The Morgan fingerprint density at radius 3 is 2.19 bits per heavy atom. The standard InChI is InChI=1S/C22H23N5O5/c23-13(21(29)30)7-11-9-3-1-2-4-15(9)26-18(11)10-5-6-16(28)19-17(10)12(20(25)27-19)8-14(24)22(31)32/h1-6,13-14,26-28H,7-8,23-25H2,(H,29,30)(H,31,32)/t13-,14-/m0/s1. The number of hydrogen-bond acceptors (Lipinski definition) is 6. The molecule has 0 aliphatic rings. The predicted molar refractivity (Wildman–Crippen MR) is 120 cm³/mol. The first-order valence-electron chi connectivity index (χ1n) is 9.87. The largest absolute Gasteiger partial charge is 0.506 e. The number of aromatic amines is 2. The van der Waals surface area contributed by atoms with Gasteiger partial charge in [0.15, 0.2) is 0 Å². The van der Waals surface area contributed by atoms with Crippen LogP contribution in [0.3, 0.4) is 0 Å². The van der Waals surface area contributed by atoms with E-state index in [1.165, 1.54) is 6.07 Å². The minimum Gasteiger partial charge on any atom is -0.506 e. The number of para-hydroxylation sites is 1. The third-order valence-electron chi connectivity index (χ3n) is 5.64. The van der Waals surface area contributed by atoms with Crippen molar-refractivity contribution in [3.05, 3.63) is 47.5 Å². The van der Waals surface area contributed by atoms with E-state index >= 15 is 0 Å². The molecule has 4 rings (SSSR count). The number of phenolic OH excluding ortho intramolecular Hbond substituents is 1. The molecule has 4 aromatic rings. The van der Waals surface area contributed by atoms with E-state index in [2.05, 4.69) is 9.97 Å². The molecule has 32 heavy (non-hydrogen) atoms. The summed E-state index contributed by atoms with van der Waals surface area (Å²) in [5.41, 5.74) is 21.2. The van der Waals surface area contributed by atoms with Crippen LogP contribution in [0.2, 0.25) is 0 Å². The monoisotopic (exact) mass is 437 g/mol. The average Bonchev–Trinajstić information content (AvgIpc) is 3.27. The third kappa shape index (κ3) is 3.51. The first-order chi connectivity index (χ1) is 15.2. The number of anilines is 1. The molecule has 2 aromatic heterocycles. The average molecular weight is 437 g/mol. The molecule has 2 heterocycles. The molecule has 0 unspecified atom stereocenters. The van der Waals surface area contributed by atoms with E-state index in [1.807, 2.05) is 24.3 Å². The summed E-state index contributed by atoms with van der Waals surface area (Å²) in [4.78, 5) is 29.0. The number of fused-ring (bicyclic) bond motifs is 2. The number of hydrogen-bond donors (Lipinski definition) is 8. The fourth-order valence-corrected chi connectivity index (χ4v) is 4.05. The maximum atomic E-state index is 11.4. The van der Waals surface area contributed by atoms with Gasteiger partial charge >= 0.3 is 11.9 Å². The van der Waals surface area contributed by atoms with Crippen LogP contribution < -0.4 is 17.2 Å². The SMILES string of the molecule is Nc1[nH]c2c(O)ccc(-c3[nH]c4ccccc4c3C[C@H](N)C(=O)O)c2c1C[C@H](N)C(=O)O. The molecule has 0 saturated heterocycles. The van der Waals surface area contributed by atoms with E-state index in [1.54, 1.807) is 6.07 Å². The summed E-state index contributed by atoms with van der Waals surface area (Å²) in [5.74, 6) is -2.18. The van der Waals surface area contributed by atoms with Gasteiger partial charge in [0, 0.05) is 40.3 Å². The Labute approximate surface area is 181 Å². The van der Waals surface area contributed by atoms with Crippen LogP contribution in [0, 0.1) is 0 Å². The Hall–Kier alpha value is -4.02. The van der Waals surface area contributed by atoms with Crippen molar-refractivity contribution in [2.24, 2.45) is 11.5 Å². The van der Waals surface area contributed by atoms with E-state index in [0.29, 0.717) is 33.3 Å². The molecule has 11 N–H and O–H groups in total. The second-order valence-electron chi connectivity index (χ2n) is 7.72. The van der Waals surface area contributed by atoms with E-state index in [9.17, 15) is 24.9 Å². The number of carbonyl (C=O) groups is 2. The number of nitrogens with one attached hydrogen (secondary N) is 2. The fraction of sp³-hybridized carbons (Fsp3) is 0.182. The summed E-state index contributed by atoms with van der Waals surface area (Å²) >= 11 is 0. The fourth-order valence-electron chi connectivity index (χ4n) is 4.05. The lowest BCUT2D eigenvalue weighted by Gasteiger charge is -2.12. The lowest BCUT2D eigenvalue weighted by Crippen LogP contribution is -2.32. The van der Waals surface area contributed by atoms with Crippen molar-refractivity contribution in [3.63, 3.8) is 0 Å². The molecule has 166 valence electrons. The second kappa shape index (κ2) is 7.91. The number of carboxylic acid groups (broad SMARTS) is 2. The first-order valence-corrected chi connectivity index (χ1v) is 9.87. The second-order valence-corrected chi connectivity index (χ2v) is 7.72. The molecule has 0 bridgehead atoms. The Morgan fingerprint density at radius 2 is 1.53 bits per heavy atom. The maximum absolute atomic E-state index is 11.4. The lowest BCUT2D eigenvalue weighted by atomic mass is 9.94. The number of aromatic nitrogens is 2. The Bertz CT molecular complexity index is 1360. The van der Waals surface area contributed by atoms with Crippen LogP contribution in [0.1, 0.15) is 11.1 Å². The molecule has 0 aliphatic heterocycles. The number of phenols is 1. The molecular weight excluding hydrogens is 414 g/mol. The summed E-state index contributed by atoms with van der Waals surface area (Å²) in [6, 6.07) is 8.24. The van der Waals surface area contributed by atoms with Crippen molar-refractivity contribution in [1.82, 2.24) is 9.97 Å². The smallest absolute Gasteiger partial charge is 0.320 e. The van der Waals surface area contributed by atoms with Crippen molar-refractivity contribution in [3.8, 4) is 17.0 Å². The van der Waals surface area contributed by atoms with Crippen LogP contribution in [0.4, 0.5) is 5.82 Å². The van der Waals surface area contributed by atoms with Gasteiger partial charge in [-0.2, -0.15) is 0 Å². The summed E-state index contributed by atoms with van der Waals surface area (Å²) in [5, 5.41) is 30.4. The Balaban J connectivity index is 2.01. The van der Waals surface area contributed by atoms with Crippen LogP contribution in [0.15, 0.2) is 36.4 Å². The van der Waals surface area contributed by atoms with Crippen molar-refractivity contribution >= 4 is 39.6 Å². The molecular formula is C22H23N5O5. The van der Waals surface area contributed by atoms with Gasteiger partial charge in [-0.05, 0) is 23.8 Å². The van der Waals surface area contributed by atoms with Crippen LogP contribution >= 0.6 is 0 Å². The number of nitrogens with two attached hydrogens (primary N) is 3. The third-order valence-corrected chi connectivity index (χ3v) is 5.64. The Morgan fingerprint density at radius 1 is 0.906 bits per heavy atom. The van der Waals surface area contributed by atoms with Crippen molar-refractivity contribution in [1.29, 1.82) is 0 Å². The molecule has 10 heteroatoms. The normalized spacial score (nSPS) is 13.4. The Kier molecular flexibility index (Phi) is 5.25. The molecule has 0 aliphatic carbocycles. The van der Waals surface area contributed by atoms with E-state index in [-0.39, 0.29) is 24.4 Å². The van der Waals surface area contributed by atoms with Gasteiger partial charge in [0.25, 0.3) is 0 Å². The number of benzene rings is 2. The summed E-state index contributed by atoms with van der Waals surface area (Å²) in [7, 11) is 0. The van der Waals surface area contributed by atoms with Crippen LogP contribution in [0.5, 0.6) is 5.75 Å². The number of rotatable bonds is 7. The summed E-state index contributed by atoms with van der Waals surface area (Å²) < 4.78 is 0. The van der Waals surface area contributed by atoms with Gasteiger partial charge in [-0.25, -0.2) is 0 Å². The number of H-pyrrole nitrogens is 2. The van der Waals surface area contributed by atoms with Crippen LogP contribution in [-0.2, 0) is 22.4 Å². The maximum Gasteiger partial charge on any atom is 0.320 e. The molecule has 0 saturated carbocycles. The number of aliphatic carboxylic acids is 2. The van der Waals surface area contributed by atoms with Gasteiger partial charge in [0.1, 0.15) is 23.7 Å². The highest BCUT2D eigenvalue weighted by atomic mass is 16.4. The number of nitrogen functional groups attached to an aromatic ring is 1. The highest BCUT2D eigenvalue weighted by Crippen LogP contribution is 2.41. The number of aromatic hydroxyl groups is 1. The van der Waals surface area contributed by atoms with Crippen molar-refractivity contribution in [2.75, 3.05) is 5.73 Å². The van der Waals surface area contributed by atoms with Crippen LogP contribution in [0.25, 0.3) is 33.1 Å². The highest BCUT2D eigenvalue weighted by molar-refractivity contribution is 6.05. The lowest BCUT2D eigenvalue weighted by molar-refractivity contribution is -0.139. The van der Waals surface area contributed by atoms with E-state index in [0.717, 1.165) is 10.9 Å². The van der Waals surface area contributed by atoms with Gasteiger partial charge in [-0.3, -0.25) is 9.59 Å². The molecule has 2 atom stereocenters. The van der Waals surface area contributed by atoms with Gasteiger partial charge in [-0.15, -0.1) is 0 Å². The molecule has 10 nitrogen and oxygen atoms in total. The minimum atomic E-state index is -1.20. The van der Waals surface area contributed by atoms with Crippen molar-refractivity contribution < 1.29 is 24.9 Å². The highest BCUT2D eigenvalue weighted by Gasteiger charge is 2.25. The first kappa shape index (κ1) is 21.2. The van der Waals surface area contributed by atoms with Gasteiger partial charge in [-0.1, -0.05) is 18.2 Å². The van der Waals surface area contributed by atoms with Crippen LogP contribution in [-0.4, -0.2) is 49.3 Å². The minimum absolute atomic E-state index is 0.0565. The van der Waals surface area contributed by atoms with E-state index < -0.39 is 24.0 Å². The zero-order chi connectivity index (χ0) is 23.2. The molecule has 2 aromatic carbocycles. The van der Waals surface area contributed by atoms with Gasteiger partial charge < -0.3 is 42.5 Å². The van der Waals surface area contributed by atoms with Gasteiger partial charge in [0.05, 0.1) is 11.2 Å². The summed E-state index contributed by atoms with van der Waals surface area (Å²) in [6.07, 6.45) is -0.0112. The zero-order valence-corrected chi connectivity index (χ0v) is 16.9. The van der Waals surface area contributed by atoms with E-state index in [4.69, 9.17) is 17.2 Å². The zero-order valence-electron chi connectivity index (χ0n) is 16.9. The molecule has 0 fully saturated rings. The predicted octanol–water partition coefficient (Wildman–Crippen LogP) is 1.51. The quantitative estimate of drug-likeness (QED) is 0.212. The summed E-state index contributed by atoms with van der Waals surface area (Å²) in [6.45, 7) is 0. The topological polar surface area (TPSA) is 204 Å². The van der Waals surface area contributed by atoms with Crippen molar-refractivity contribution in [2.45, 2.75) is 24.9 Å². The molecule has 0 amide bonds. The molecule has 0 radical (unpaired) electrons. The van der Waals surface area contributed by atoms with Gasteiger partial charge in [0.2, 0.25) is 0 Å².